The standard InChI is InChI=1S/C5H8ClF2O3P/c1-4(2)5(7,8)3-10-12(6,9)11-4/h3H2,1-2H3. The van der Waals surface area contributed by atoms with E-state index in [1.807, 2.05) is 0 Å². The lowest BCUT2D eigenvalue weighted by molar-refractivity contribution is -0.191. The Hall–Kier alpha value is 0.300. The Labute approximate surface area is 73.3 Å². The van der Waals surface area contributed by atoms with E-state index in [4.69, 9.17) is 11.2 Å². The number of hydrogen-bond acceptors (Lipinski definition) is 3. The van der Waals surface area contributed by atoms with Gasteiger partial charge in [-0.2, -0.15) is 0 Å². The number of halogens is 3. The van der Waals surface area contributed by atoms with Crippen molar-refractivity contribution in [3.63, 3.8) is 0 Å². The Morgan fingerprint density at radius 1 is 1.50 bits per heavy atom. The molecule has 0 amide bonds. The predicted molar refractivity (Wildman–Crippen MR) is 39.5 cm³/mol. The molecule has 1 unspecified atom stereocenters. The first-order chi connectivity index (χ1) is 5.16. The second kappa shape index (κ2) is 2.64. The maximum absolute atomic E-state index is 12.9. The molecule has 3 nitrogen and oxygen atoms in total. The summed E-state index contributed by atoms with van der Waals surface area (Å²) in [5.74, 6) is -3.17. The molecule has 0 radical (unpaired) electrons. The van der Waals surface area contributed by atoms with E-state index in [1.54, 1.807) is 0 Å². The van der Waals surface area contributed by atoms with Gasteiger partial charge in [0.1, 0.15) is 12.2 Å². The number of hydrogen-bond donors (Lipinski definition) is 0. The second-order valence-corrected chi connectivity index (χ2v) is 5.55. The maximum atomic E-state index is 12.9. The third kappa shape index (κ3) is 1.79. The van der Waals surface area contributed by atoms with Crippen molar-refractivity contribution in [1.29, 1.82) is 0 Å². The summed E-state index contributed by atoms with van der Waals surface area (Å²) >= 11 is 5.16. The molecular formula is C5H8ClF2O3P. The molecule has 12 heavy (non-hydrogen) atoms. The highest BCUT2D eigenvalue weighted by Gasteiger charge is 2.56. The van der Waals surface area contributed by atoms with Crippen LogP contribution in [0.3, 0.4) is 0 Å². The van der Waals surface area contributed by atoms with Crippen molar-refractivity contribution in [1.82, 2.24) is 0 Å². The summed E-state index contributed by atoms with van der Waals surface area (Å²) in [4.78, 5) is 0. The summed E-state index contributed by atoms with van der Waals surface area (Å²) < 4.78 is 45.3. The zero-order chi connectivity index (χ0) is 9.62. The van der Waals surface area contributed by atoms with Crippen LogP contribution in [0.1, 0.15) is 13.8 Å². The van der Waals surface area contributed by atoms with Crippen molar-refractivity contribution < 1.29 is 22.4 Å². The lowest BCUT2D eigenvalue weighted by atomic mass is 10.0. The van der Waals surface area contributed by atoms with Crippen molar-refractivity contribution in [3.8, 4) is 0 Å². The minimum Gasteiger partial charge on any atom is -0.290 e. The highest BCUT2D eigenvalue weighted by molar-refractivity contribution is 7.81. The summed E-state index contributed by atoms with van der Waals surface area (Å²) in [6, 6.07) is 0. The average Bonchev–Trinajstić information content (AvgIpc) is 1.79. The van der Waals surface area contributed by atoms with Gasteiger partial charge in [-0.25, -0.2) is 13.3 Å². The van der Waals surface area contributed by atoms with Crippen molar-refractivity contribution >= 4 is 18.2 Å². The quantitative estimate of drug-likeness (QED) is 0.589. The predicted octanol–water partition coefficient (Wildman–Crippen LogP) is 2.79. The van der Waals surface area contributed by atoms with Crippen molar-refractivity contribution in [3.05, 3.63) is 0 Å². The molecule has 0 saturated carbocycles. The molecule has 1 atom stereocenters. The highest BCUT2D eigenvalue weighted by Crippen LogP contribution is 2.62. The van der Waals surface area contributed by atoms with E-state index in [0.717, 1.165) is 13.8 Å². The molecule has 0 aromatic carbocycles. The van der Waals surface area contributed by atoms with Crippen LogP contribution in [-0.2, 0) is 13.6 Å². The molecule has 0 bridgehead atoms. The summed E-state index contributed by atoms with van der Waals surface area (Å²) in [5, 5.41) is 0. The first-order valence-electron chi connectivity index (χ1n) is 3.19. The van der Waals surface area contributed by atoms with Gasteiger partial charge in [0.05, 0.1) is 0 Å². The Balaban J connectivity index is 2.89. The molecule has 0 aromatic heterocycles. The monoisotopic (exact) mass is 220 g/mol. The first kappa shape index (κ1) is 10.4. The SMILES string of the molecule is CC1(C)OP(=O)(Cl)OCC1(F)F. The van der Waals surface area contributed by atoms with E-state index < -0.39 is 25.1 Å². The molecule has 0 aromatic rings. The van der Waals surface area contributed by atoms with Gasteiger partial charge in [0, 0.05) is 11.2 Å². The van der Waals surface area contributed by atoms with E-state index in [1.165, 1.54) is 0 Å². The average molecular weight is 221 g/mol. The van der Waals surface area contributed by atoms with E-state index in [9.17, 15) is 13.3 Å². The van der Waals surface area contributed by atoms with Crippen LogP contribution >= 0.6 is 18.2 Å². The maximum Gasteiger partial charge on any atom is 0.425 e. The van der Waals surface area contributed by atoms with Gasteiger partial charge in [0.25, 0.3) is 5.92 Å². The minimum absolute atomic E-state index is 0.971. The Bertz CT molecular complexity index is 243. The van der Waals surface area contributed by atoms with Crippen LogP contribution < -0.4 is 0 Å². The number of alkyl halides is 2. The molecule has 1 heterocycles. The van der Waals surface area contributed by atoms with Crippen LogP contribution in [0.5, 0.6) is 0 Å². The van der Waals surface area contributed by atoms with Gasteiger partial charge in [0.15, 0.2) is 0 Å². The van der Waals surface area contributed by atoms with Gasteiger partial charge < -0.3 is 0 Å². The minimum atomic E-state index is -3.80. The molecular weight excluding hydrogens is 212 g/mol. The smallest absolute Gasteiger partial charge is 0.290 e. The Kier molecular flexibility index (Phi) is 2.29. The normalized spacial score (nSPS) is 39.4. The zero-order valence-corrected chi connectivity index (χ0v) is 8.16. The van der Waals surface area contributed by atoms with Gasteiger partial charge >= 0.3 is 6.95 Å². The lowest BCUT2D eigenvalue weighted by Gasteiger charge is -2.38. The molecule has 1 aliphatic rings. The van der Waals surface area contributed by atoms with Gasteiger partial charge in [-0.15, -0.1) is 0 Å². The summed E-state index contributed by atoms with van der Waals surface area (Å²) in [6.07, 6.45) is 0. The van der Waals surface area contributed by atoms with Gasteiger partial charge in [-0.3, -0.25) is 9.05 Å². The van der Waals surface area contributed by atoms with Crippen LogP contribution in [0.25, 0.3) is 0 Å². The molecule has 1 fully saturated rings. The topological polar surface area (TPSA) is 35.5 Å². The van der Waals surface area contributed by atoms with Crippen LogP contribution in [0, 0.1) is 0 Å². The molecule has 1 aliphatic heterocycles. The van der Waals surface area contributed by atoms with Gasteiger partial charge in [-0.05, 0) is 13.8 Å². The molecule has 72 valence electrons. The number of rotatable bonds is 0. The van der Waals surface area contributed by atoms with E-state index >= 15 is 0 Å². The molecule has 7 heteroatoms. The molecule has 1 rings (SSSR count). The van der Waals surface area contributed by atoms with Crippen LogP contribution in [0.15, 0.2) is 0 Å². The van der Waals surface area contributed by atoms with Crippen LogP contribution in [0.2, 0.25) is 0 Å². The van der Waals surface area contributed by atoms with Crippen molar-refractivity contribution in [2.75, 3.05) is 6.61 Å². The molecule has 0 aliphatic carbocycles. The van der Waals surface area contributed by atoms with Crippen molar-refractivity contribution in [2.45, 2.75) is 25.4 Å². The lowest BCUT2D eigenvalue weighted by Crippen LogP contribution is -2.50. The first-order valence-corrected chi connectivity index (χ1v) is 5.64. The third-order valence-corrected chi connectivity index (χ3v) is 3.23. The summed E-state index contributed by atoms with van der Waals surface area (Å²) in [7, 11) is 0. The van der Waals surface area contributed by atoms with Gasteiger partial charge in [-0.1, -0.05) is 0 Å². The summed E-state index contributed by atoms with van der Waals surface area (Å²) in [5.41, 5.74) is -1.84. The largest absolute Gasteiger partial charge is 0.425 e. The fraction of sp³-hybridized carbons (Fsp3) is 1.00. The van der Waals surface area contributed by atoms with E-state index in [-0.39, 0.29) is 0 Å². The highest BCUT2D eigenvalue weighted by atomic mass is 35.7. The third-order valence-electron chi connectivity index (χ3n) is 1.62. The van der Waals surface area contributed by atoms with Gasteiger partial charge in [0.2, 0.25) is 0 Å². The van der Waals surface area contributed by atoms with E-state index in [0.29, 0.717) is 0 Å². The summed E-state index contributed by atoms with van der Waals surface area (Å²) in [6.45, 7) is -2.54. The molecule has 0 spiro atoms. The molecule has 0 N–H and O–H groups in total. The fourth-order valence-electron chi connectivity index (χ4n) is 0.698. The van der Waals surface area contributed by atoms with E-state index in [2.05, 4.69) is 9.05 Å². The molecule has 1 saturated heterocycles. The van der Waals surface area contributed by atoms with Crippen molar-refractivity contribution in [2.24, 2.45) is 0 Å². The van der Waals surface area contributed by atoms with Crippen LogP contribution in [0.4, 0.5) is 8.78 Å². The second-order valence-electron chi connectivity index (χ2n) is 3.01. The Morgan fingerprint density at radius 3 is 2.33 bits per heavy atom. The van der Waals surface area contributed by atoms with Crippen LogP contribution in [-0.4, -0.2) is 18.1 Å². The Morgan fingerprint density at radius 2 is 2.00 bits per heavy atom. The fourth-order valence-corrected chi connectivity index (χ4v) is 2.41. The zero-order valence-electron chi connectivity index (χ0n) is 6.51.